The Balaban J connectivity index is 1.91. The van der Waals surface area contributed by atoms with Crippen LogP contribution in [0.4, 0.5) is 0 Å². The number of phenolic OH excluding ortho intramolecular Hbond substituents is 1. The molecule has 0 saturated heterocycles. The number of benzene rings is 2. The molecule has 0 unspecified atom stereocenters. The van der Waals surface area contributed by atoms with Crippen LogP contribution in [0.5, 0.6) is 5.75 Å². The minimum absolute atomic E-state index is 0.244. The van der Waals surface area contributed by atoms with Gasteiger partial charge >= 0.3 is 0 Å². The van der Waals surface area contributed by atoms with E-state index in [-0.39, 0.29) is 5.75 Å². The van der Waals surface area contributed by atoms with Gasteiger partial charge in [-0.05, 0) is 49.2 Å². The van der Waals surface area contributed by atoms with Crippen molar-refractivity contribution < 1.29 is 5.11 Å². The first-order valence-corrected chi connectivity index (χ1v) is 8.67. The molecule has 3 aromatic rings. The lowest BCUT2D eigenvalue weighted by Gasteiger charge is -2.05. The monoisotopic (exact) mass is 337 g/mol. The summed E-state index contributed by atoms with van der Waals surface area (Å²) in [5.41, 5.74) is 4.49. The van der Waals surface area contributed by atoms with Gasteiger partial charge in [0.25, 0.3) is 0 Å². The van der Waals surface area contributed by atoms with Crippen molar-refractivity contribution in [1.29, 1.82) is 0 Å². The van der Waals surface area contributed by atoms with Gasteiger partial charge in [0, 0.05) is 11.9 Å². The predicted octanol–water partition coefficient (Wildman–Crippen LogP) is 4.19. The topological polar surface area (TPSA) is 49.9 Å². The summed E-state index contributed by atoms with van der Waals surface area (Å²) in [6.07, 6.45) is 1.69. The van der Waals surface area contributed by atoms with Crippen LogP contribution in [0, 0.1) is 6.92 Å². The lowest BCUT2D eigenvalue weighted by atomic mass is 10.1. The minimum atomic E-state index is 0.244. The molecule has 0 bridgehead atoms. The molecule has 24 heavy (non-hydrogen) atoms. The largest absolute Gasteiger partial charge is 0.508 e. The van der Waals surface area contributed by atoms with E-state index in [9.17, 15) is 5.11 Å². The number of rotatable bonds is 4. The van der Waals surface area contributed by atoms with Gasteiger partial charge in [0.05, 0.1) is 11.9 Å². The first-order valence-electron chi connectivity index (χ1n) is 7.79. The third-order valence-corrected chi connectivity index (χ3v) is 4.56. The van der Waals surface area contributed by atoms with Crippen LogP contribution in [-0.4, -0.2) is 15.9 Å². The summed E-state index contributed by atoms with van der Waals surface area (Å²) in [7, 11) is 0. The molecule has 2 aromatic carbocycles. The lowest BCUT2D eigenvalue weighted by molar-refractivity contribution is 0.475. The smallest absolute Gasteiger partial charge is 0.211 e. The van der Waals surface area contributed by atoms with E-state index in [0.717, 1.165) is 22.6 Å². The fourth-order valence-electron chi connectivity index (χ4n) is 2.38. The number of nitrogens with zero attached hydrogens (tertiary/aromatic N) is 3. The Bertz CT molecular complexity index is 903. The molecule has 5 heteroatoms. The SMILES string of the molecule is CCn1c(-c2ccc(C)cc2)cs/c1=N\N=C/c1ccc(O)cc1. The molecule has 0 aliphatic heterocycles. The second-order valence-electron chi connectivity index (χ2n) is 5.45. The second kappa shape index (κ2) is 7.27. The summed E-state index contributed by atoms with van der Waals surface area (Å²) in [5.74, 6) is 0.244. The summed E-state index contributed by atoms with van der Waals surface area (Å²) in [6.45, 7) is 5.03. The molecule has 1 aromatic heterocycles. The Kier molecular flexibility index (Phi) is 4.91. The second-order valence-corrected chi connectivity index (χ2v) is 6.29. The maximum Gasteiger partial charge on any atom is 0.211 e. The summed E-state index contributed by atoms with van der Waals surface area (Å²) in [4.78, 5) is 0.864. The van der Waals surface area contributed by atoms with Gasteiger partial charge in [0.1, 0.15) is 5.75 Å². The minimum Gasteiger partial charge on any atom is -0.508 e. The Labute approximate surface area is 145 Å². The first kappa shape index (κ1) is 16.2. The van der Waals surface area contributed by atoms with Crippen molar-refractivity contribution in [1.82, 2.24) is 4.57 Å². The van der Waals surface area contributed by atoms with Crippen LogP contribution >= 0.6 is 11.3 Å². The van der Waals surface area contributed by atoms with Crippen LogP contribution in [0.2, 0.25) is 0 Å². The number of phenols is 1. The van der Waals surface area contributed by atoms with Gasteiger partial charge in [-0.15, -0.1) is 16.4 Å². The number of hydrogen-bond donors (Lipinski definition) is 1. The standard InChI is InChI=1S/C19H19N3OS/c1-3-22-18(16-8-4-14(2)5-9-16)13-24-19(22)21-20-12-15-6-10-17(23)11-7-15/h4-13,23H,3H2,1-2H3/b20-12-,21-19-. The molecule has 0 aliphatic rings. The third-order valence-electron chi connectivity index (χ3n) is 3.70. The summed E-state index contributed by atoms with van der Waals surface area (Å²) < 4.78 is 2.16. The number of aryl methyl sites for hydroxylation is 1. The zero-order chi connectivity index (χ0) is 16.9. The van der Waals surface area contributed by atoms with Crippen molar-refractivity contribution in [2.45, 2.75) is 20.4 Å². The van der Waals surface area contributed by atoms with Crippen LogP contribution in [0.1, 0.15) is 18.1 Å². The number of thiazole rings is 1. The van der Waals surface area contributed by atoms with Gasteiger partial charge in [-0.1, -0.05) is 29.8 Å². The van der Waals surface area contributed by atoms with E-state index in [0.29, 0.717) is 0 Å². The predicted molar refractivity (Wildman–Crippen MR) is 99.4 cm³/mol. The van der Waals surface area contributed by atoms with Crippen LogP contribution in [-0.2, 0) is 6.54 Å². The van der Waals surface area contributed by atoms with Gasteiger partial charge in [-0.2, -0.15) is 5.10 Å². The summed E-state index contributed by atoms with van der Waals surface area (Å²) in [5, 5.41) is 19.9. The fourth-order valence-corrected chi connectivity index (χ4v) is 3.30. The van der Waals surface area contributed by atoms with Crippen molar-refractivity contribution in [2.24, 2.45) is 10.2 Å². The van der Waals surface area contributed by atoms with Crippen LogP contribution < -0.4 is 4.80 Å². The van der Waals surface area contributed by atoms with Gasteiger partial charge < -0.3 is 9.67 Å². The van der Waals surface area contributed by atoms with Crippen LogP contribution in [0.25, 0.3) is 11.3 Å². The Morgan fingerprint density at radius 2 is 1.79 bits per heavy atom. The highest BCUT2D eigenvalue weighted by molar-refractivity contribution is 7.07. The van der Waals surface area contributed by atoms with Crippen LogP contribution in [0.3, 0.4) is 0 Å². The Morgan fingerprint density at radius 1 is 1.08 bits per heavy atom. The van der Waals surface area contributed by atoms with Crippen molar-refractivity contribution >= 4 is 17.6 Å². The van der Waals surface area contributed by atoms with Gasteiger partial charge in [-0.3, -0.25) is 0 Å². The molecule has 0 atom stereocenters. The van der Waals surface area contributed by atoms with Gasteiger partial charge in [-0.25, -0.2) is 0 Å². The van der Waals surface area contributed by atoms with E-state index < -0.39 is 0 Å². The highest BCUT2D eigenvalue weighted by Gasteiger charge is 2.06. The Hall–Kier alpha value is -2.66. The molecular formula is C19H19N3OS. The molecule has 0 spiro atoms. The zero-order valence-electron chi connectivity index (χ0n) is 13.7. The van der Waals surface area contributed by atoms with Crippen molar-refractivity contribution in [3.8, 4) is 17.0 Å². The zero-order valence-corrected chi connectivity index (χ0v) is 14.5. The first-order chi connectivity index (χ1) is 11.7. The molecule has 3 rings (SSSR count). The van der Waals surface area contributed by atoms with E-state index in [4.69, 9.17) is 0 Å². The molecule has 0 fully saturated rings. The van der Waals surface area contributed by atoms with Crippen LogP contribution in [0.15, 0.2) is 64.1 Å². The van der Waals surface area contributed by atoms with E-state index in [1.807, 2.05) is 0 Å². The molecule has 0 amide bonds. The van der Waals surface area contributed by atoms with Crippen molar-refractivity contribution in [3.05, 3.63) is 69.8 Å². The molecule has 4 nitrogen and oxygen atoms in total. The number of hydrogen-bond acceptors (Lipinski definition) is 4. The molecule has 1 heterocycles. The van der Waals surface area contributed by atoms with Crippen molar-refractivity contribution in [2.75, 3.05) is 0 Å². The average Bonchev–Trinajstić information content (AvgIpc) is 3.00. The molecule has 122 valence electrons. The van der Waals surface area contributed by atoms with E-state index >= 15 is 0 Å². The van der Waals surface area contributed by atoms with Gasteiger partial charge in [0.2, 0.25) is 4.80 Å². The molecular weight excluding hydrogens is 318 g/mol. The number of aromatic hydroxyl groups is 1. The summed E-state index contributed by atoms with van der Waals surface area (Å²) in [6, 6.07) is 15.4. The average molecular weight is 337 g/mol. The normalized spacial score (nSPS) is 12.2. The third kappa shape index (κ3) is 3.63. The number of aromatic nitrogens is 1. The molecule has 0 radical (unpaired) electrons. The molecule has 0 aliphatic carbocycles. The van der Waals surface area contributed by atoms with E-state index in [2.05, 4.69) is 58.3 Å². The Morgan fingerprint density at radius 3 is 2.46 bits per heavy atom. The summed E-state index contributed by atoms with van der Waals surface area (Å²) >= 11 is 1.58. The van der Waals surface area contributed by atoms with E-state index in [1.165, 1.54) is 11.1 Å². The fraction of sp³-hybridized carbons (Fsp3) is 0.158. The maximum atomic E-state index is 9.29. The highest BCUT2D eigenvalue weighted by atomic mass is 32.1. The highest BCUT2D eigenvalue weighted by Crippen LogP contribution is 2.20. The molecule has 1 N–H and O–H groups in total. The quantitative estimate of drug-likeness (QED) is 0.563. The van der Waals surface area contributed by atoms with Gasteiger partial charge in [0.15, 0.2) is 0 Å². The molecule has 0 saturated carbocycles. The maximum absolute atomic E-state index is 9.29. The van der Waals surface area contributed by atoms with E-state index in [1.54, 1.807) is 41.8 Å². The van der Waals surface area contributed by atoms with Crippen molar-refractivity contribution in [3.63, 3.8) is 0 Å². The lowest BCUT2D eigenvalue weighted by Crippen LogP contribution is -2.14.